The number of hydrogen-bond acceptors (Lipinski definition) is 1. The number of benzene rings is 2. The van der Waals surface area contributed by atoms with Gasteiger partial charge >= 0.3 is 6.18 Å². The van der Waals surface area contributed by atoms with E-state index in [0.29, 0.717) is 16.7 Å². The van der Waals surface area contributed by atoms with E-state index in [0.717, 1.165) is 12.1 Å². The van der Waals surface area contributed by atoms with Crippen LogP contribution in [-0.2, 0) is 6.18 Å². The summed E-state index contributed by atoms with van der Waals surface area (Å²) in [6, 6.07) is 7.24. The molecule has 0 aliphatic rings. The second-order valence-corrected chi connectivity index (χ2v) is 4.69. The van der Waals surface area contributed by atoms with Gasteiger partial charge in [0.25, 0.3) is 0 Å². The van der Waals surface area contributed by atoms with Crippen molar-refractivity contribution in [3.8, 4) is 0 Å². The Labute approximate surface area is 118 Å². The molecule has 0 aliphatic heterocycles. The van der Waals surface area contributed by atoms with Gasteiger partial charge in [-0.25, -0.2) is 4.39 Å². The molecular formula is C14H10ClF4N. The van der Waals surface area contributed by atoms with Crippen molar-refractivity contribution in [3.05, 3.63) is 70.0 Å². The molecule has 0 aliphatic carbocycles. The highest BCUT2D eigenvalue weighted by molar-refractivity contribution is 6.30. The molecule has 2 aromatic rings. The highest BCUT2D eigenvalue weighted by Crippen LogP contribution is 2.36. The maximum Gasteiger partial charge on any atom is 0.416 e. The quantitative estimate of drug-likeness (QED) is 0.810. The van der Waals surface area contributed by atoms with Crippen molar-refractivity contribution in [1.82, 2.24) is 0 Å². The van der Waals surface area contributed by atoms with Gasteiger partial charge in [-0.1, -0.05) is 23.7 Å². The van der Waals surface area contributed by atoms with Crippen molar-refractivity contribution in [2.75, 3.05) is 0 Å². The molecule has 1 unspecified atom stereocenters. The van der Waals surface area contributed by atoms with Crippen molar-refractivity contribution in [2.45, 2.75) is 12.2 Å². The van der Waals surface area contributed by atoms with Gasteiger partial charge in [0.1, 0.15) is 5.82 Å². The first kappa shape index (κ1) is 14.8. The molecule has 0 aromatic heterocycles. The fraction of sp³-hybridized carbons (Fsp3) is 0.143. The lowest BCUT2D eigenvalue weighted by Gasteiger charge is -2.19. The Morgan fingerprint density at radius 2 is 1.60 bits per heavy atom. The highest BCUT2D eigenvalue weighted by Gasteiger charge is 2.35. The Morgan fingerprint density at radius 1 is 1.00 bits per heavy atom. The Bertz CT molecular complexity index is 608. The van der Waals surface area contributed by atoms with E-state index in [1.54, 1.807) is 0 Å². The molecule has 2 N–H and O–H groups in total. The molecule has 0 bridgehead atoms. The summed E-state index contributed by atoms with van der Waals surface area (Å²) >= 11 is 5.71. The highest BCUT2D eigenvalue weighted by atomic mass is 35.5. The van der Waals surface area contributed by atoms with Crippen LogP contribution in [0, 0.1) is 5.82 Å². The Kier molecular flexibility index (Phi) is 4.01. The second-order valence-electron chi connectivity index (χ2n) is 4.26. The fourth-order valence-electron chi connectivity index (χ4n) is 1.90. The van der Waals surface area contributed by atoms with Crippen LogP contribution in [0.15, 0.2) is 42.5 Å². The minimum absolute atomic E-state index is 0.306. The molecule has 0 heterocycles. The first-order valence-corrected chi connectivity index (χ1v) is 6.04. The second kappa shape index (κ2) is 5.42. The topological polar surface area (TPSA) is 26.0 Å². The van der Waals surface area contributed by atoms with Crippen LogP contribution in [0.1, 0.15) is 22.7 Å². The van der Waals surface area contributed by atoms with E-state index in [2.05, 4.69) is 0 Å². The van der Waals surface area contributed by atoms with Crippen LogP contribution in [0.25, 0.3) is 0 Å². The molecule has 0 radical (unpaired) electrons. The monoisotopic (exact) mass is 303 g/mol. The van der Waals surface area contributed by atoms with Gasteiger partial charge in [-0.05, 0) is 41.5 Å². The molecule has 20 heavy (non-hydrogen) atoms. The van der Waals surface area contributed by atoms with Crippen LogP contribution in [0.4, 0.5) is 17.6 Å². The van der Waals surface area contributed by atoms with E-state index >= 15 is 0 Å². The molecule has 0 amide bonds. The lowest BCUT2D eigenvalue weighted by atomic mass is 9.95. The Balaban J connectivity index is 2.50. The smallest absolute Gasteiger partial charge is 0.320 e. The van der Waals surface area contributed by atoms with E-state index in [1.165, 1.54) is 24.3 Å². The van der Waals surface area contributed by atoms with Crippen molar-refractivity contribution in [3.63, 3.8) is 0 Å². The first-order valence-electron chi connectivity index (χ1n) is 5.66. The van der Waals surface area contributed by atoms with Crippen molar-refractivity contribution in [1.29, 1.82) is 0 Å². The number of halogens is 5. The minimum atomic E-state index is -4.59. The van der Waals surface area contributed by atoms with Crippen LogP contribution < -0.4 is 5.73 Å². The summed E-state index contributed by atoms with van der Waals surface area (Å²) in [6.45, 7) is 0. The summed E-state index contributed by atoms with van der Waals surface area (Å²) in [5, 5.41) is 0.441. The SMILES string of the molecule is NC(c1ccc(Cl)cc1)c1cc(F)ccc1C(F)(F)F. The van der Waals surface area contributed by atoms with E-state index in [-0.39, 0.29) is 5.56 Å². The van der Waals surface area contributed by atoms with Gasteiger partial charge in [0.05, 0.1) is 11.6 Å². The lowest BCUT2D eigenvalue weighted by Crippen LogP contribution is -2.18. The number of nitrogens with two attached hydrogens (primary N) is 1. The van der Waals surface area contributed by atoms with E-state index < -0.39 is 23.6 Å². The van der Waals surface area contributed by atoms with Crippen LogP contribution in [0.5, 0.6) is 0 Å². The van der Waals surface area contributed by atoms with Gasteiger partial charge in [0.15, 0.2) is 0 Å². The zero-order valence-electron chi connectivity index (χ0n) is 10.1. The predicted octanol–water partition coefficient (Wildman–Crippen LogP) is 4.55. The Hall–Kier alpha value is -1.59. The maximum absolute atomic E-state index is 13.2. The normalized spacial score (nSPS) is 13.3. The largest absolute Gasteiger partial charge is 0.416 e. The predicted molar refractivity (Wildman–Crippen MR) is 68.9 cm³/mol. The third-order valence-electron chi connectivity index (χ3n) is 2.88. The summed E-state index contributed by atoms with van der Waals surface area (Å²) in [4.78, 5) is 0. The molecule has 0 saturated carbocycles. The van der Waals surface area contributed by atoms with Crippen molar-refractivity contribution < 1.29 is 17.6 Å². The van der Waals surface area contributed by atoms with E-state index in [1.807, 2.05) is 0 Å². The Morgan fingerprint density at radius 3 is 2.15 bits per heavy atom. The summed E-state index contributed by atoms with van der Waals surface area (Å²) in [5.41, 5.74) is 5.00. The van der Waals surface area contributed by atoms with Gasteiger partial charge in [-0.15, -0.1) is 0 Å². The maximum atomic E-state index is 13.2. The van der Waals surface area contributed by atoms with Gasteiger partial charge in [-0.3, -0.25) is 0 Å². The molecule has 1 atom stereocenters. The number of hydrogen-bond donors (Lipinski definition) is 1. The summed E-state index contributed by atoms with van der Waals surface area (Å²) in [5.74, 6) is -0.766. The zero-order valence-corrected chi connectivity index (χ0v) is 10.8. The fourth-order valence-corrected chi connectivity index (χ4v) is 2.02. The molecule has 0 saturated heterocycles. The molecule has 6 heteroatoms. The number of alkyl halides is 3. The number of rotatable bonds is 2. The van der Waals surface area contributed by atoms with Gasteiger partial charge < -0.3 is 5.73 Å². The molecule has 2 aromatic carbocycles. The summed E-state index contributed by atoms with van der Waals surface area (Å²) in [7, 11) is 0. The van der Waals surface area contributed by atoms with Crippen LogP contribution in [-0.4, -0.2) is 0 Å². The van der Waals surface area contributed by atoms with Crippen molar-refractivity contribution >= 4 is 11.6 Å². The average molecular weight is 304 g/mol. The summed E-state index contributed by atoms with van der Waals surface area (Å²) in [6.07, 6.45) is -4.59. The van der Waals surface area contributed by atoms with Crippen molar-refractivity contribution in [2.24, 2.45) is 5.73 Å². The van der Waals surface area contributed by atoms with Crippen LogP contribution >= 0.6 is 11.6 Å². The molecule has 2 rings (SSSR count). The van der Waals surface area contributed by atoms with Crippen LogP contribution in [0.2, 0.25) is 5.02 Å². The molecular weight excluding hydrogens is 294 g/mol. The first-order chi connectivity index (χ1) is 9.29. The van der Waals surface area contributed by atoms with Gasteiger partial charge in [0, 0.05) is 5.02 Å². The molecule has 1 nitrogen and oxygen atoms in total. The molecule has 0 spiro atoms. The zero-order chi connectivity index (χ0) is 14.9. The summed E-state index contributed by atoms with van der Waals surface area (Å²) < 4.78 is 52.0. The van der Waals surface area contributed by atoms with Crippen LogP contribution in [0.3, 0.4) is 0 Å². The van der Waals surface area contributed by atoms with E-state index in [4.69, 9.17) is 17.3 Å². The lowest BCUT2D eigenvalue weighted by molar-refractivity contribution is -0.138. The van der Waals surface area contributed by atoms with Gasteiger partial charge in [-0.2, -0.15) is 13.2 Å². The standard InChI is InChI=1S/C14H10ClF4N/c15-9-3-1-8(2-4-9)13(20)11-7-10(16)5-6-12(11)14(17,18)19/h1-7,13H,20H2. The average Bonchev–Trinajstić information content (AvgIpc) is 2.37. The minimum Gasteiger partial charge on any atom is -0.320 e. The third kappa shape index (κ3) is 3.11. The molecule has 106 valence electrons. The van der Waals surface area contributed by atoms with E-state index in [9.17, 15) is 17.6 Å². The third-order valence-corrected chi connectivity index (χ3v) is 3.14. The molecule has 0 fully saturated rings. The van der Waals surface area contributed by atoms with Gasteiger partial charge in [0.2, 0.25) is 0 Å².